The van der Waals surface area contributed by atoms with Crippen LogP contribution in [0.25, 0.3) is 0 Å². The first kappa shape index (κ1) is 11.8. The van der Waals surface area contributed by atoms with Gasteiger partial charge in [0, 0.05) is 18.3 Å². The number of anilines is 1. The Labute approximate surface area is 99.7 Å². The zero-order chi connectivity index (χ0) is 12.4. The molecule has 0 aromatic carbocycles. The maximum atomic E-state index is 10.9. The summed E-state index contributed by atoms with van der Waals surface area (Å²) in [5.74, 6) is -0.621. The molecule has 17 heavy (non-hydrogen) atoms. The molecule has 6 heteroatoms. The Balaban J connectivity index is 2.12. The van der Waals surface area contributed by atoms with E-state index in [1.807, 2.05) is 0 Å². The molecule has 0 bridgehead atoms. The van der Waals surface area contributed by atoms with Gasteiger partial charge in [0.2, 0.25) is 5.95 Å². The van der Waals surface area contributed by atoms with Crippen molar-refractivity contribution in [3.8, 4) is 0 Å². The van der Waals surface area contributed by atoms with Crippen LogP contribution in [0.5, 0.6) is 0 Å². The number of hydrogen-bond acceptors (Lipinski definition) is 5. The van der Waals surface area contributed by atoms with E-state index < -0.39 is 5.97 Å². The van der Waals surface area contributed by atoms with Gasteiger partial charge in [-0.2, -0.15) is 0 Å². The van der Waals surface area contributed by atoms with Crippen molar-refractivity contribution in [2.24, 2.45) is 0 Å². The highest BCUT2D eigenvalue weighted by Crippen LogP contribution is 2.12. The van der Waals surface area contributed by atoms with E-state index >= 15 is 0 Å². The maximum absolute atomic E-state index is 10.9. The molecule has 1 unspecified atom stereocenters. The largest absolute Gasteiger partial charge is 0.477 e. The molecule has 0 aliphatic carbocycles. The van der Waals surface area contributed by atoms with Crippen LogP contribution in [0, 0.1) is 6.92 Å². The number of nitrogens with zero attached hydrogens (tertiary/aromatic N) is 3. The lowest BCUT2D eigenvalue weighted by Crippen LogP contribution is -2.25. The number of likely N-dealkylation sites (tertiary alicyclic amines) is 1. The van der Waals surface area contributed by atoms with Gasteiger partial charge in [0.1, 0.15) is 0 Å². The van der Waals surface area contributed by atoms with Crippen LogP contribution in [0.4, 0.5) is 5.95 Å². The predicted molar refractivity (Wildman–Crippen MR) is 63.3 cm³/mol. The molecule has 0 saturated carbocycles. The Kier molecular flexibility index (Phi) is 3.23. The third kappa shape index (κ3) is 2.91. The van der Waals surface area contributed by atoms with Crippen molar-refractivity contribution >= 4 is 11.9 Å². The molecule has 2 rings (SSSR count). The number of rotatable bonds is 3. The quantitative estimate of drug-likeness (QED) is 0.800. The molecule has 1 atom stereocenters. The third-order valence-electron chi connectivity index (χ3n) is 2.80. The molecule has 1 aliphatic rings. The lowest BCUT2D eigenvalue weighted by atomic mass is 10.3. The first-order valence-electron chi connectivity index (χ1n) is 5.58. The number of aryl methyl sites for hydroxylation is 1. The fourth-order valence-electron chi connectivity index (χ4n) is 1.98. The molecule has 2 N–H and O–H groups in total. The van der Waals surface area contributed by atoms with Crippen molar-refractivity contribution in [2.75, 3.05) is 25.5 Å². The standard InChI is InChI=1S/C11H16N4O2/c1-7-5-9(10(16)17)14-11(12-7)13-8-3-4-15(2)6-8/h5,8H,3-4,6H2,1-2H3,(H,16,17)(H,12,13,14). The summed E-state index contributed by atoms with van der Waals surface area (Å²) in [6.07, 6.45) is 1.02. The number of hydrogen-bond donors (Lipinski definition) is 2. The van der Waals surface area contributed by atoms with Gasteiger partial charge in [-0.1, -0.05) is 0 Å². The summed E-state index contributed by atoms with van der Waals surface area (Å²) in [5.41, 5.74) is 0.692. The van der Waals surface area contributed by atoms with Crippen LogP contribution >= 0.6 is 0 Å². The van der Waals surface area contributed by atoms with Gasteiger partial charge in [0.05, 0.1) is 0 Å². The molecular formula is C11H16N4O2. The van der Waals surface area contributed by atoms with Crippen molar-refractivity contribution in [2.45, 2.75) is 19.4 Å². The zero-order valence-corrected chi connectivity index (χ0v) is 9.97. The molecule has 2 heterocycles. The van der Waals surface area contributed by atoms with Crippen LogP contribution in [0.15, 0.2) is 6.07 Å². The average molecular weight is 236 g/mol. The minimum Gasteiger partial charge on any atom is -0.477 e. The van der Waals surface area contributed by atoms with Crippen molar-refractivity contribution in [1.29, 1.82) is 0 Å². The van der Waals surface area contributed by atoms with E-state index in [9.17, 15) is 4.79 Å². The molecule has 1 fully saturated rings. The molecule has 0 amide bonds. The summed E-state index contributed by atoms with van der Waals surface area (Å²) in [6, 6.07) is 1.76. The highest BCUT2D eigenvalue weighted by Gasteiger charge is 2.20. The fraction of sp³-hybridized carbons (Fsp3) is 0.545. The number of carboxylic acids is 1. The number of likely N-dealkylation sites (N-methyl/N-ethyl adjacent to an activating group) is 1. The second kappa shape index (κ2) is 4.67. The van der Waals surface area contributed by atoms with Gasteiger partial charge in [0.25, 0.3) is 0 Å². The molecule has 0 spiro atoms. The van der Waals surface area contributed by atoms with E-state index in [1.54, 1.807) is 6.92 Å². The first-order valence-corrected chi connectivity index (χ1v) is 5.58. The minimum atomic E-state index is -1.03. The van der Waals surface area contributed by atoms with E-state index in [0.29, 0.717) is 17.7 Å². The van der Waals surface area contributed by atoms with Crippen molar-refractivity contribution in [3.05, 3.63) is 17.5 Å². The van der Waals surface area contributed by atoms with Gasteiger partial charge in [-0.05, 0) is 33.0 Å². The van der Waals surface area contributed by atoms with Gasteiger partial charge in [-0.3, -0.25) is 0 Å². The number of carboxylic acid groups (broad SMARTS) is 1. The molecule has 1 aromatic rings. The Hall–Kier alpha value is -1.69. The Morgan fingerprint density at radius 1 is 1.59 bits per heavy atom. The monoisotopic (exact) mass is 236 g/mol. The lowest BCUT2D eigenvalue weighted by Gasteiger charge is -2.13. The van der Waals surface area contributed by atoms with Crippen LogP contribution in [0.2, 0.25) is 0 Å². The molecule has 92 valence electrons. The van der Waals surface area contributed by atoms with E-state index in [-0.39, 0.29) is 5.69 Å². The van der Waals surface area contributed by atoms with E-state index in [1.165, 1.54) is 6.07 Å². The second-order valence-corrected chi connectivity index (χ2v) is 4.42. The van der Waals surface area contributed by atoms with Crippen LogP contribution in [0.3, 0.4) is 0 Å². The molecule has 1 saturated heterocycles. The van der Waals surface area contributed by atoms with Crippen LogP contribution in [-0.4, -0.2) is 52.1 Å². The SMILES string of the molecule is Cc1cc(C(=O)O)nc(NC2CCN(C)C2)n1. The van der Waals surface area contributed by atoms with Gasteiger partial charge in [0.15, 0.2) is 5.69 Å². The topological polar surface area (TPSA) is 78.3 Å². The van der Waals surface area contributed by atoms with Gasteiger partial charge < -0.3 is 15.3 Å². The van der Waals surface area contributed by atoms with Crippen molar-refractivity contribution < 1.29 is 9.90 Å². The Bertz CT molecular complexity index is 435. The summed E-state index contributed by atoms with van der Waals surface area (Å²) in [6.45, 7) is 3.73. The number of aromatic nitrogens is 2. The smallest absolute Gasteiger partial charge is 0.354 e. The normalized spacial score (nSPS) is 20.5. The highest BCUT2D eigenvalue weighted by atomic mass is 16.4. The number of aromatic carboxylic acids is 1. The lowest BCUT2D eigenvalue weighted by molar-refractivity contribution is 0.0690. The van der Waals surface area contributed by atoms with Crippen molar-refractivity contribution in [3.63, 3.8) is 0 Å². The predicted octanol–water partition coefficient (Wildman–Crippen LogP) is 0.599. The minimum absolute atomic E-state index is 0.0337. The summed E-state index contributed by atoms with van der Waals surface area (Å²) in [5, 5.41) is 12.1. The second-order valence-electron chi connectivity index (χ2n) is 4.42. The van der Waals surface area contributed by atoms with Gasteiger partial charge >= 0.3 is 5.97 Å². The van der Waals surface area contributed by atoms with E-state index in [2.05, 4.69) is 27.2 Å². The summed E-state index contributed by atoms with van der Waals surface area (Å²) >= 11 is 0. The number of carbonyl (C=O) groups is 1. The van der Waals surface area contributed by atoms with Gasteiger partial charge in [-0.15, -0.1) is 0 Å². The highest BCUT2D eigenvalue weighted by molar-refractivity contribution is 5.85. The summed E-state index contributed by atoms with van der Waals surface area (Å²) in [7, 11) is 2.06. The Morgan fingerprint density at radius 3 is 2.94 bits per heavy atom. The molecule has 1 aliphatic heterocycles. The summed E-state index contributed by atoms with van der Waals surface area (Å²) in [4.78, 5) is 21.3. The molecule has 1 aromatic heterocycles. The first-order chi connectivity index (χ1) is 8.04. The van der Waals surface area contributed by atoms with Crippen molar-refractivity contribution in [1.82, 2.24) is 14.9 Å². The van der Waals surface area contributed by atoms with Crippen LogP contribution in [0.1, 0.15) is 22.6 Å². The third-order valence-corrected chi connectivity index (χ3v) is 2.80. The van der Waals surface area contributed by atoms with Gasteiger partial charge in [-0.25, -0.2) is 14.8 Å². The summed E-state index contributed by atoms with van der Waals surface area (Å²) < 4.78 is 0. The Morgan fingerprint density at radius 2 is 2.35 bits per heavy atom. The average Bonchev–Trinajstić information content (AvgIpc) is 2.63. The zero-order valence-electron chi connectivity index (χ0n) is 9.97. The van der Waals surface area contributed by atoms with Crippen LogP contribution in [-0.2, 0) is 0 Å². The molecule has 0 radical (unpaired) electrons. The maximum Gasteiger partial charge on any atom is 0.354 e. The fourth-order valence-corrected chi connectivity index (χ4v) is 1.98. The molecular weight excluding hydrogens is 220 g/mol. The number of nitrogens with one attached hydrogen (secondary N) is 1. The van der Waals surface area contributed by atoms with E-state index in [0.717, 1.165) is 19.5 Å². The van der Waals surface area contributed by atoms with Crippen LogP contribution < -0.4 is 5.32 Å². The van der Waals surface area contributed by atoms with E-state index in [4.69, 9.17) is 5.11 Å². The molecule has 6 nitrogen and oxygen atoms in total.